The van der Waals surface area contributed by atoms with Crippen molar-refractivity contribution in [1.29, 1.82) is 0 Å². The lowest BCUT2D eigenvalue weighted by Gasteiger charge is -2.36. The van der Waals surface area contributed by atoms with Gasteiger partial charge in [0.2, 0.25) is 5.91 Å². The first kappa shape index (κ1) is 20.4. The zero-order valence-corrected chi connectivity index (χ0v) is 18.1. The molecule has 0 N–H and O–H groups in total. The quantitative estimate of drug-likeness (QED) is 0.555. The fraction of sp³-hybridized carbons (Fsp3) is 0.292. The zero-order valence-electron chi connectivity index (χ0n) is 17.3. The third-order valence-electron chi connectivity index (χ3n) is 5.70. The maximum Gasteiger partial charge on any atom is 0.246 e. The molecular weight excluding hydrogens is 398 g/mol. The van der Waals surface area contributed by atoms with Crippen molar-refractivity contribution in [1.82, 2.24) is 9.47 Å². The van der Waals surface area contributed by atoms with Crippen LogP contribution in [0.15, 0.2) is 59.2 Å². The molecule has 1 saturated heterocycles. The number of carbonyl (C=O) groups is 1. The van der Waals surface area contributed by atoms with Crippen LogP contribution in [-0.2, 0) is 11.3 Å². The van der Waals surface area contributed by atoms with Crippen LogP contribution in [0.1, 0.15) is 22.7 Å². The second kappa shape index (κ2) is 8.84. The van der Waals surface area contributed by atoms with Gasteiger partial charge in [0, 0.05) is 43.6 Å². The Hall–Kier alpha value is -2.92. The Morgan fingerprint density at radius 3 is 2.57 bits per heavy atom. The van der Waals surface area contributed by atoms with Crippen molar-refractivity contribution in [3.8, 4) is 0 Å². The molecule has 1 amide bonds. The number of aryl methyl sites for hydroxylation is 1. The van der Waals surface area contributed by atoms with Crippen LogP contribution in [0.5, 0.6) is 0 Å². The number of halogens is 1. The molecule has 0 unspecified atom stereocenters. The molecule has 0 spiro atoms. The first-order valence-electron chi connectivity index (χ1n) is 10.2. The molecule has 0 aliphatic carbocycles. The fourth-order valence-electron chi connectivity index (χ4n) is 3.94. The number of para-hydroxylation sites is 1. The highest BCUT2D eigenvalue weighted by atomic mass is 35.5. The van der Waals surface area contributed by atoms with Crippen molar-refractivity contribution in [2.75, 3.05) is 31.1 Å². The van der Waals surface area contributed by atoms with Gasteiger partial charge in [-0.3, -0.25) is 4.79 Å². The largest absolute Gasteiger partial charge is 0.467 e. The highest BCUT2D eigenvalue weighted by molar-refractivity contribution is 6.33. The standard InChI is InChI=1S/C24H26ClN3O2/c1-18-16-20(19(2)28(18)17-21-6-5-15-30-21)9-10-24(29)27-13-11-26(12-14-27)23-8-4-3-7-22(23)25/h3-10,15-16H,11-14,17H2,1-2H3/b10-9+. The summed E-state index contributed by atoms with van der Waals surface area (Å²) in [7, 11) is 0. The van der Waals surface area contributed by atoms with Crippen LogP contribution in [0.2, 0.25) is 5.02 Å². The number of hydrogen-bond donors (Lipinski definition) is 0. The lowest BCUT2D eigenvalue weighted by molar-refractivity contribution is -0.126. The number of piperazine rings is 1. The van der Waals surface area contributed by atoms with Crippen molar-refractivity contribution in [3.05, 3.63) is 82.5 Å². The third kappa shape index (κ3) is 4.31. The van der Waals surface area contributed by atoms with Crippen LogP contribution in [0.25, 0.3) is 6.08 Å². The van der Waals surface area contributed by atoms with Crippen LogP contribution >= 0.6 is 11.6 Å². The van der Waals surface area contributed by atoms with Gasteiger partial charge in [-0.1, -0.05) is 23.7 Å². The molecule has 1 aliphatic rings. The van der Waals surface area contributed by atoms with E-state index in [-0.39, 0.29) is 5.91 Å². The van der Waals surface area contributed by atoms with E-state index in [9.17, 15) is 4.79 Å². The van der Waals surface area contributed by atoms with Gasteiger partial charge in [-0.05, 0) is 55.8 Å². The monoisotopic (exact) mass is 423 g/mol. The number of anilines is 1. The van der Waals surface area contributed by atoms with E-state index >= 15 is 0 Å². The third-order valence-corrected chi connectivity index (χ3v) is 6.02. The van der Waals surface area contributed by atoms with Gasteiger partial charge >= 0.3 is 0 Å². The minimum atomic E-state index is 0.0460. The van der Waals surface area contributed by atoms with Gasteiger partial charge < -0.3 is 18.8 Å². The molecule has 1 aromatic carbocycles. The molecule has 0 bridgehead atoms. The van der Waals surface area contributed by atoms with Gasteiger partial charge in [-0.15, -0.1) is 0 Å². The Morgan fingerprint density at radius 2 is 1.87 bits per heavy atom. The number of aromatic nitrogens is 1. The molecule has 0 atom stereocenters. The number of benzene rings is 1. The number of hydrogen-bond acceptors (Lipinski definition) is 3. The minimum absolute atomic E-state index is 0.0460. The number of rotatable bonds is 5. The number of nitrogens with zero attached hydrogens (tertiary/aromatic N) is 3. The van der Waals surface area contributed by atoms with E-state index < -0.39 is 0 Å². The van der Waals surface area contributed by atoms with Gasteiger partial charge in [-0.2, -0.15) is 0 Å². The van der Waals surface area contributed by atoms with Crippen molar-refractivity contribution >= 4 is 29.3 Å². The maximum atomic E-state index is 12.7. The summed E-state index contributed by atoms with van der Waals surface area (Å²) in [5.41, 5.74) is 4.36. The van der Waals surface area contributed by atoms with E-state index in [1.54, 1.807) is 12.3 Å². The zero-order chi connectivity index (χ0) is 21.1. The van der Waals surface area contributed by atoms with Crippen molar-refractivity contribution in [2.24, 2.45) is 0 Å². The van der Waals surface area contributed by atoms with E-state index in [0.717, 1.165) is 46.5 Å². The van der Waals surface area contributed by atoms with Crippen LogP contribution in [0.3, 0.4) is 0 Å². The van der Waals surface area contributed by atoms with Crippen LogP contribution in [-0.4, -0.2) is 41.6 Å². The summed E-state index contributed by atoms with van der Waals surface area (Å²) in [5, 5.41) is 0.752. The molecule has 4 rings (SSSR count). The van der Waals surface area contributed by atoms with E-state index in [4.69, 9.17) is 16.0 Å². The molecule has 0 saturated carbocycles. The Balaban J connectivity index is 1.38. The first-order valence-corrected chi connectivity index (χ1v) is 10.6. The van der Waals surface area contributed by atoms with Gasteiger partial charge in [-0.25, -0.2) is 0 Å². The van der Waals surface area contributed by atoms with E-state index in [2.05, 4.69) is 29.4 Å². The summed E-state index contributed by atoms with van der Waals surface area (Å²) in [6.45, 7) is 7.77. The predicted molar refractivity (Wildman–Crippen MR) is 121 cm³/mol. The number of furan rings is 1. The second-order valence-corrected chi connectivity index (χ2v) is 8.00. The molecule has 5 nitrogen and oxygen atoms in total. The van der Waals surface area contributed by atoms with E-state index in [1.165, 1.54) is 0 Å². The lowest BCUT2D eigenvalue weighted by Crippen LogP contribution is -2.48. The molecule has 3 aromatic rings. The summed E-state index contributed by atoms with van der Waals surface area (Å²) < 4.78 is 7.67. The Labute approximate surface area is 182 Å². The summed E-state index contributed by atoms with van der Waals surface area (Å²) in [6.07, 6.45) is 5.29. The molecular formula is C24H26ClN3O2. The highest BCUT2D eigenvalue weighted by Gasteiger charge is 2.21. The van der Waals surface area contributed by atoms with Crippen molar-refractivity contribution in [3.63, 3.8) is 0 Å². The highest BCUT2D eigenvalue weighted by Crippen LogP contribution is 2.26. The van der Waals surface area contributed by atoms with E-state index in [0.29, 0.717) is 19.6 Å². The molecule has 0 radical (unpaired) electrons. The molecule has 2 aromatic heterocycles. The Kier molecular flexibility index (Phi) is 6.00. The lowest BCUT2D eigenvalue weighted by atomic mass is 10.2. The SMILES string of the molecule is Cc1cc(/C=C/C(=O)N2CCN(c3ccccc3Cl)CC2)c(C)n1Cc1ccco1. The minimum Gasteiger partial charge on any atom is -0.467 e. The van der Waals surface area contributed by atoms with Gasteiger partial charge in [0.1, 0.15) is 5.76 Å². The molecule has 6 heteroatoms. The predicted octanol–water partition coefficient (Wildman–Crippen LogP) is 4.76. The Bertz CT molecular complexity index is 1040. The van der Waals surface area contributed by atoms with Crippen LogP contribution < -0.4 is 4.90 Å². The summed E-state index contributed by atoms with van der Waals surface area (Å²) in [4.78, 5) is 16.8. The summed E-state index contributed by atoms with van der Waals surface area (Å²) in [5.74, 6) is 0.962. The molecule has 156 valence electrons. The smallest absolute Gasteiger partial charge is 0.246 e. The average Bonchev–Trinajstić information content (AvgIpc) is 3.36. The Morgan fingerprint density at radius 1 is 1.10 bits per heavy atom. The first-order chi connectivity index (χ1) is 14.5. The summed E-state index contributed by atoms with van der Waals surface area (Å²) >= 11 is 6.31. The van der Waals surface area contributed by atoms with Crippen LogP contribution in [0.4, 0.5) is 5.69 Å². The van der Waals surface area contributed by atoms with Crippen LogP contribution in [0, 0.1) is 13.8 Å². The summed E-state index contributed by atoms with van der Waals surface area (Å²) in [6, 6.07) is 13.8. The molecule has 3 heterocycles. The second-order valence-electron chi connectivity index (χ2n) is 7.59. The molecule has 1 aliphatic heterocycles. The van der Waals surface area contributed by atoms with E-state index in [1.807, 2.05) is 47.4 Å². The average molecular weight is 424 g/mol. The maximum absolute atomic E-state index is 12.7. The molecule has 30 heavy (non-hydrogen) atoms. The topological polar surface area (TPSA) is 41.6 Å². The number of carbonyl (C=O) groups excluding carboxylic acids is 1. The van der Waals surface area contributed by atoms with Gasteiger partial charge in [0.25, 0.3) is 0 Å². The molecule has 1 fully saturated rings. The van der Waals surface area contributed by atoms with Crippen molar-refractivity contribution in [2.45, 2.75) is 20.4 Å². The fourth-order valence-corrected chi connectivity index (χ4v) is 4.20. The van der Waals surface area contributed by atoms with Gasteiger partial charge in [0.15, 0.2) is 0 Å². The van der Waals surface area contributed by atoms with Gasteiger partial charge in [0.05, 0.1) is 23.5 Å². The normalized spacial score (nSPS) is 14.6. The number of amides is 1. The van der Waals surface area contributed by atoms with Crippen molar-refractivity contribution < 1.29 is 9.21 Å².